The van der Waals surface area contributed by atoms with Crippen molar-refractivity contribution in [3.8, 4) is 0 Å². The summed E-state index contributed by atoms with van der Waals surface area (Å²) in [6.45, 7) is 4.60. The van der Waals surface area contributed by atoms with Gasteiger partial charge >= 0.3 is 0 Å². The molecule has 2 saturated heterocycles. The highest BCUT2D eigenvalue weighted by atomic mass is 16.5. The van der Waals surface area contributed by atoms with Gasteiger partial charge in [0.2, 0.25) is 0 Å². The monoisotopic (exact) mass is 141 g/mol. The van der Waals surface area contributed by atoms with Crippen LogP contribution < -0.4 is 0 Å². The number of hydrogen-bond acceptors (Lipinski definition) is 2. The summed E-state index contributed by atoms with van der Waals surface area (Å²) < 4.78 is 5.15. The van der Waals surface area contributed by atoms with Gasteiger partial charge in [0.1, 0.15) is 0 Å². The Morgan fingerprint density at radius 1 is 1.00 bits per heavy atom. The Kier molecular flexibility index (Phi) is 1.91. The van der Waals surface area contributed by atoms with Gasteiger partial charge < -0.3 is 4.74 Å². The summed E-state index contributed by atoms with van der Waals surface area (Å²) in [5.41, 5.74) is 0. The van der Waals surface area contributed by atoms with E-state index in [0.29, 0.717) is 0 Å². The molecule has 0 unspecified atom stereocenters. The molecule has 0 aromatic heterocycles. The zero-order chi connectivity index (χ0) is 6.81. The minimum Gasteiger partial charge on any atom is -0.378 e. The van der Waals surface area contributed by atoms with Crippen molar-refractivity contribution in [2.45, 2.75) is 25.3 Å². The summed E-state index contributed by atoms with van der Waals surface area (Å²) in [5, 5.41) is 0. The number of nitrogens with zero attached hydrogens (tertiary/aromatic N) is 1. The smallest absolute Gasteiger partial charge is 0.0645 e. The van der Waals surface area contributed by atoms with Crippen molar-refractivity contribution in [2.24, 2.45) is 0 Å². The number of likely N-dealkylation sites (tertiary alicyclic amines) is 1. The van der Waals surface area contributed by atoms with Crippen molar-refractivity contribution in [3.63, 3.8) is 0 Å². The second kappa shape index (κ2) is 2.89. The molecule has 0 atom stereocenters. The van der Waals surface area contributed by atoms with Gasteiger partial charge in [0, 0.05) is 0 Å². The van der Waals surface area contributed by atoms with E-state index in [-0.39, 0.29) is 0 Å². The number of hydrogen-bond donors (Lipinski definition) is 0. The summed E-state index contributed by atoms with van der Waals surface area (Å²) in [4.78, 5) is 2.58. The molecule has 2 nitrogen and oxygen atoms in total. The summed E-state index contributed by atoms with van der Waals surface area (Å²) in [5.74, 6) is 0. The van der Waals surface area contributed by atoms with Gasteiger partial charge in [0.25, 0.3) is 0 Å². The Morgan fingerprint density at radius 3 is 2.20 bits per heavy atom. The van der Waals surface area contributed by atoms with E-state index in [1.54, 1.807) is 0 Å². The third-order valence-electron chi connectivity index (χ3n) is 2.53. The molecular weight excluding hydrogens is 126 g/mol. The molecular formula is C8H15NO. The van der Waals surface area contributed by atoms with Crippen molar-refractivity contribution in [2.75, 3.05) is 26.3 Å². The Bertz CT molecular complexity index is 106. The van der Waals surface area contributed by atoms with Crippen LogP contribution in [0, 0.1) is 0 Å². The van der Waals surface area contributed by atoms with Crippen LogP contribution >= 0.6 is 0 Å². The number of rotatable bonds is 1. The standard InChI is InChI=1S/C8H15NO/c1-2-4-9(5-3-1)8-6-10-7-8/h8H,1-7H2. The van der Waals surface area contributed by atoms with Crippen molar-refractivity contribution in [3.05, 3.63) is 0 Å². The first-order valence-electron chi connectivity index (χ1n) is 4.28. The Hall–Kier alpha value is -0.0800. The van der Waals surface area contributed by atoms with E-state index < -0.39 is 0 Å². The zero-order valence-corrected chi connectivity index (χ0v) is 6.38. The van der Waals surface area contributed by atoms with Gasteiger partial charge in [-0.05, 0) is 25.9 Å². The molecule has 2 fully saturated rings. The highest BCUT2D eigenvalue weighted by Gasteiger charge is 2.26. The molecule has 0 aromatic carbocycles. The fraction of sp³-hybridized carbons (Fsp3) is 1.00. The molecule has 58 valence electrons. The molecule has 2 rings (SSSR count). The van der Waals surface area contributed by atoms with Crippen LogP contribution in [-0.2, 0) is 4.74 Å². The Labute approximate surface area is 62.2 Å². The summed E-state index contributed by atoms with van der Waals surface area (Å²) in [7, 11) is 0. The normalized spacial score (nSPS) is 30.0. The van der Waals surface area contributed by atoms with Crippen molar-refractivity contribution in [1.29, 1.82) is 0 Å². The minimum absolute atomic E-state index is 0.778. The molecule has 0 N–H and O–H groups in total. The third kappa shape index (κ3) is 1.18. The lowest BCUT2D eigenvalue weighted by Gasteiger charge is -2.39. The van der Waals surface area contributed by atoms with Crippen molar-refractivity contribution in [1.82, 2.24) is 4.90 Å². The second-order valence-electron chi connectivity index (χ2n) is 3.29. The van der Waals surface area contributed by atoms with Crippen LogP contribution in [0.25, 0.3) is 0 Å². The maximum Gasteiger partial charge on any atom is 0.0645 e. The van der Waals surface area contributed by atoms with Gasteiger partial charge in [-0.1, -0.05) is 6.42 Å². The van der Waals surface area contributed by atoms with Crippen LogP contribution in [0.2, 0.25) is 0 Å². The maximum atomic E-state index is 5.15. The van der Waals surface area contributed by atoms with E-state index in [2.05, 4.69) is 4.90 Å². The van der Waals surface area contributed by atoms with Gasteiger partial charge in [0.05, 0.1) is 19.3 Å². The first-order valence-corrected chi connectivity index (χ1v) is 4.28. The van der Waals surface area contributed by atoms with Gasteiger partial charge in [-0.25, -0.2) is 0 Å². The van der Waals surface area contributed by atoms with E-state index in [4.69, 9.17) is 4.74 Å². The van der Waals surface area contributed by atoms with Crippen LogP contribution in [0.5, 0.6) is 0 Å². The maximum absolute atomic E-state index is 5.15. The Morgan fingerprint density at radius 2 is 1.70 bits per heavy atom. The summed E-state index contributed by atoms with van der Waals surface area (Å²) in [6.07, 6.45) is 4.23. The van der Waals surface area contributed by atoms with Gasteiger partial charge in [-0.2, -0.15) is 0 Å². The van der Waals surface area contributed by atoms with Crippen molar-refractivity contribution < 1.29 is 4.74 Å². The lowest BCUT2D eigenvalue weighted by atomic mass is 10.1. The predicted molar refractivity (Wildman–Crippen MR) is 40.0 cm³/mol. The highest BCUT2D eigenvalue weighted by molar-refractivity contribution is 4.79. The largest absolute Gasteiger partial charge is 0.378 e. The molecule has 0 saturated carbocycles. The fourth-order valence-corrected chi connectivity index (χ4v) is 1.72. The first-order chi connectivity index (χ1) is 4.97. The molecule has 0 aliphatic carbocycles. The van der Waals surface area contributed by atoms with Crippen LogP contribution in [0.3, 0.4) is 0 Å². The van der Waals surface area contributed by atoms with E-state index in [0.717, 1.165) is 19.3 Å². The molecule has 2 aliphatic rings. The van der Waals surface area contributed by atoms with Crippen LogP contribution in [0.1, 0.15) is 19.3 Å². The molecule has 0 bridgehead atoms. The quantitative estimate of drug-likeness (QED) is 0.537. The van der Waals surface area contributed by atoms with Gasteiger partial charge in [-0.3, -0.25) is 4.90 Å². The molecule has 2 aliphatic heterocycles. The van der Waals surface area contributed by atoms with Gasteiger partial charge in [-0.15, -0.1) is 0 Å². The second-order valence-corrected chi connectivity index (χ2v) is 3.29. The Balaban J connectivity index is 1.78. The highest BCUT2D eigenvalue weighted by Crippen LogP contribution is 2.16. The lowest BCUT2D eigenvalue weighted by Crippen LogP contribution is -2.50. The predicted octanol–water partition coefficient (Wildman–Crippen LogP) is 0.871. The molecule has 0 amide bonds. The van der Waals surface area contributed by atoms with Crippen LogP contribution in [-0.4, -0.2) is 37.2 Å². The SMILES string of the molecule is C1CCN(C2COC2)CC1. The zero-order valence-electron chi connectivity index (χ0n) is 6.38. The first kappa shape index (κ1) is 6.62. The average Bonchev–Trinajstić information content (AvgIpc) is 1.86. The molecule has 2 heterocycles. The lowest BCUT2D eigenvalue weighted by molar-refractivity contribution is -0.0698. The fourth-order valence-electron chi connectivity index (χ4n) is 1.72. The average molecular weight is 141 g/mol. The van der Waals surface area contributed by atoms with E-state index in [1.165, 1.54) is 32.4 Å². The van der Waals surface area contributed by atoms with Gasteiger partial charge in [0.15, 0.2) is 0 Å². The summed E-state index contributed by atoms with van der Waals surface area (Å²) in [6, 6.07) is 0.778. The third-order valence-corrected chi connectivity index (χ3v) is 2.53. The van der Waals surface area contributed by atoms with E-state index >= 15 is 0 Å². The van der Waals surface area contributed by atoms with Crippen molar-refractivity contribution >= 4 is 0 Å². The molecule has 2 heteroatoms. The van der Waals surface area contributed by atoms with E-state index in [1.807, 2.05) is 0 Å². The molecule has 0 aromatic rings. The molecule has 0 radical (unpaired) electrons. The molecule has 10 heavy (non-hydrogen) atoms. The van der Waals surface area contributed by atoms with Crippen LogP contribution in [0.15, 0.2) is 0 Å². The van der Waals surface area contributed by atoms with E-state index in [9.17, 15) is 0 Å². The summed E-state index contributed by atoms with van der Waals surface area (Å²) >= 11 is 0. The molecule has 0 spiro atoms. The van der Waals surface area contributed by atoms with Crippen LogP contribution in [0.4, 0.5) is 0 Å². The topological polar surface area (TPSA) is 12.5 Å². The number of piperidine rings is 1. The number of ether oxygens (including phenoxy) is 1. The minimum atomic E-state index is 0.778.